The van der Waals surface area contributed by atoms with Crippen molar-refractivity contribution in [2.45, 2.75) is 13.5 Å². The van der Waals surface area contributed by atoms with Crippen molar-refractivity contribution in [1.82, 2.24) is 19.3 Å². The highest BCUT2D eigenvalue weighted by Gasteiger charge is 1.99. The Morgan fingerprint density at radius 3 is 3.15 bits per heavy atom. The minimum Gasteiger partial charge on any atom is -0.353 e. The Kier molecular flexibility index (Phi) is 2.22. The van der Waals surface area contributed by atoms with Crippen molar-refractivity contribution in [3.05, 3.63) is 24.0 Å². The first-order valence-corrected chi connectivity index (χ1v) is 4.64. The first-order chi connectivity index (χ1) is 6.34. The fourth-order valence-corrected chi connectivity index (χ4v) is 1.49. The number of imidazole rings is 1. The van der Waals surface area contributed by atoms with Gasteiger partial charge in [-0.2, -0.15) is 4.37 Å². The molecule has 0 spiro atoms. The van der Waals surface area contributed by atoms with Gasteiger partial charge in [-0.3, -0.25) is 0 Å². The van der Waals surface area contributed by atoms with Gasteiger partial charge in [0.05, 0.1) is 6.54 Å². The summed E-state index contributed by atoms with van der Waals surface area (Å²) in [5.41, 5.74) is 0. The van der Waals surface area contributed by atoms with Crippen LogP contribution in [0.4, 0.5) is 5.13 Å². The highest BCUT2D eigenvalue weighted by atomic mass is 32.1. The van der Waals surface area contributed by atoms with Gasteiger partial charge in [-0.25, -0.2) is 9.97 Å². The fraction of sp³-hybridized carbons (Fsp3) is 0.286. The van der Waals surface area contributed by atoms with Gasteiger partial charge in [-0.05, 0) is 6.92 Å². The molecular weight excluding hydrogens is 186 g/mol. The average molecular weight is 195 g/mol. The summed E-state index contributed by atoms with van der Waals surface area (Å²) in [5.74, 6) is 1.69. The number of aromatic amines is 1. The maximum Gasteiger partial charge on any atom is 0.202 e. The van der Waals surface area contributed by atoms with E-state index in [1.807, 2.05) is 6.92 Å². The minimum atomic E-state index is 0.654. The normalized spacial score (nSPS) is 10.2. The van der Waals surface area contributed by atoms with Crippen LogP contribution in [0.1, 0.15) is 11.6 Å². The van der Waals surface area contributed by atoms with Crippen molar-refractivity contribution >= 4 is 16.7 Å². The van der Waals surface area contributed by atoms with Gasteiger partial charge in [0.15, 0.2) is 0 Å². The molecule has 0 aromatic carbocycles. The summed E-state index contributed by atoms with van der Waals surface area (Å²) >= 11 is 1.36. The van der Waals surface area contributed by atoms with E-state index in [-0.39, 0.29) is 0 Å². The third-order valence-electron chi connectivity index (χ3n) is 1.49. The van der Waals surface area contributed by atoms with Crippen molar-refractivity contribution in [1.29, 1.82) is 0 Å². The molecule has 2 heterocycles. The molecule has 5 nitrogen and oxygen atoms in total. The summed E-state index contributed by atoms with van der Waals surface area (Å²) in [4.78, 5) is 11.2. The average Bonchev–Trinajstić information content (AvgIpc) is 2.71. The van der Waals surface area contributed by atoms with E-state index in [9.17, 15) is 0 Å². The first-order valence-electron chi connectivity index (χ1n) is 3.87. The number of H-pyrrole nitrogens is 1. The second-order valence-corrected chi connectivity index (χ2v) is 3.29. The van der Waals surface area contributed by atoms with E-state index >= 15 is 0 Å². The van der Waals surface area contributed by atoms with Gasteiger partial charge in [-0.1, -0.05) is 0 Å². The van der Waals surface area contributed by atoms with E-state index in [0.29, 0.717) is 6.54 Å². The molecule has 0 amide bonds. The van der Waals surface area contributed by atoms with Crippen LogP contribution in [0.15, 0.2) is 12.4 Å². The topological polar surface area (TPSA) is 66.5 Å². The Balaban J connectivity index is 1.93. The zero-order valence-corrected chi connectivity index (χ0v) is 7.93. The van der Waals surface area contributed by atoms with Gasteiger partial charge in [-0.15, -0.1) is 0 Å². The Bertz CT molecular complexity index is 366. The van der Waals surface area contributed by atoms with Crippen LogP contribution in [0.25, 0.3) is 0 Å². The summed E-state index contributed by atoms with van der Waals surface area (Å²) < 4.78 is 4.05. The molecule has 2 rings (SSSR count). The molecule has 0 bridgehead atoms. The molecule has 0 unspecified atom stereocenters. The van der Waals surface area contributed by atoms with Gasteiger partial charge in [0.1, 0.15) is 11.6 Å². The Hall–Kier alpha value is -1.43. The molecule has 0 fully saturated rings. The quantitative estimate of drug-likeness (QED) is 0.771. The van der Waals surface area contributed by atoms with Gasteiger partial charge in [0.25, 0.3) is 0 Å². The molecule has 2 N–H and O–H groups in total. The van der Waals surface area contributed by atoms with Crippen molar-refractivity contribution in [2.24, 2.45) is 0 Å². The molecule has 0 saturated carbocycles. The molecule has 2 aromatic heterocycles. The number of nitrogens with one attached hydrogen (secondary N) is 2. The second kappa shape index (κ2) is 3.53. The number of rotatable bonds is 3. The molecule has 0 radical (unpaired) electrons. The summed E-state index contributed by atoms with van der Waals surface area (Å²) in [6, 6.07) is 0. The number of hydrogen-bond donors (Lipinski definition) is 2. The van der Waals surface area contributed by atoms with E-state index in [1.54, 1.807) is 12.4 Å². The highest BCUT2D eigenvalue weighted by molar-refractivity contribution is 7.09. The lowest BCUT2D eigenvalue weighted by molar-refractivity contribution is 0.992. The molecule has 13 heavy (non-hydrogen) atoms. The summed E-state index contributed by atoms with van der Waals surface area (Å²) in [5, 5.41) is 3.95. The molecule has 68 valence electrons. The van der Waals surface area contributed by atoms with E-state index in [2.05, 4.69) is 24.6 Å². The van der Waals surface area contributed by atoms with Crippen LogP contribution in [0.3, 0.4) is 0 Å². The van der Waals surface area contributed by atoms with Crippen LogP contribution in [-0.4, -0.2) is 19.3 Å². The SMILES string of the molecule is Cc1nsc(NCc2ncc[nH]2)n1. The van der Waals surface area contributed by atoms with Crippen LogP contribution >= 0.6 is 11.5 Å². The molecular formula is C7H9N5S. The van der Waals surface area contributed by atoms with Crippen LogP contribution < -0.4 is 5.32 Å². The maximum atomic E-state index is 4.16. The Morgan fingerprint density at radius 1 is 1.62 bits per heavy atom. The summed E-state index contributed by atoms with van der Waals surface area (Å²) in [7, 11) is 0. The van der Waals surface area contributed by atoms with Gasteiger partial charge < -0.3 is 10.3 Å². The van der Waals surface area contributed by atoms with Crippen LogP contribution in [0, 0.1) is 6.92 Å². The zero-order chi connectivity index (χ0) is 9.10. The minimum absolute atomic E-state index is 0.654. The highest BCUT2D eigenvalue weighted by Crippen LogP contribution is 2.10. The van der Waals surface area contributed by atoms with E-state index < -0.39 is 0 Å². The molecule has 0 saturated heterocycles. The number of aryl methyl sites for hydroxylation is 1. The van der Waals surface area contributed by atoms with Gasteiger partial charge >= 0.3 is 0 Å². The second-order valence-electron chi connectivity index (χ2n) is 2.54. The lowest BCUT2D eigenvalue weighted by atomic mass is 10.6. The Labute approximate surface area is 79.4 Å². The first kappa shape index (κ1) is 8.18. The van der Waals surface area contributed by atoms with Gasteiger partial charge in [0, 0.05) is 23.9 Å². The standard InChI is InChI=1S/C7H9N5S/c1-5-11-7(13-12-5)10-4-6-8-2-3-9-6/h2-3H,4H2,1H3,(H,8,9)(H,10,11,12). The number of aromatic nitrogens is 4. The number of anilines is 1. The monoisotopic (exact) mass is 195 g/mol. The van der Waals surface area contributed by atoms with Crippen LogP contribution in [-0.2, 0) is 6.54 Å². The van der Waals surface area contributed by atoms with Crippen molar-refractivity contribution in [3.8, 4) is 0 Å². The lowest BCUT2D eigenvalue weighted by Gasteiger charge is -1.96. The predicted molar refractivity (Wildman–Crippen MR) is 50.6 cm³/mol. The zero-order valence-electron chi connectivity index (χ0n) is 7.11. The molecule has 0 aliphatic heterocycles. The third-order valence-corrected chi connectivity index (χ3v) is 2.25. The van der Waals surface area contributed by atoms with Crippen molar-refractivity contribution in [2.75, 3.05) is 5.32 Å². The summed E-state index contributed by atoms with van der Waals surface area (Å²) in [6.07, 6.45) is 3.52. The number of nitrogens with zero attached hydrogens (tertiary/aromatic N) is 3. The van der Waals surface area contributed by atoms with Gasteiger partial charge in [0.2, 0.25) is 5.13 Å². The fourth-order valence-electron chi connectivity index (χ4n) is 0.923. The van der Waals surface area contributed by atoms with Crippen molar-refractivity contribution < 1.29 is 0 Å². The van der Waals surface area contributed by atoms with E-state index in [0.717, 1.165) is 16.8 Å². The predicted octanol–water partition coefficient (Wildman–Crippen LogP) is 1.18. The smallest absolute Gasteiger partial charge is 0.202 e. The molecule has 0 aliphatic rings. The van der Waals surface area contributed by atoms with Crippen molar-refractivity contribution in [3.63, 3.8) is 0 Å². The summed E-state index contributed by atoms with van der Waals surface area (Å²) in [6.45, 7) is 2.52. The Morgan fingerprint density at radius 2 is 2.54 bits per heavy atom. The molecule has 2 aromatic rings. The molecule has 6 heteroatoms. The van der Waals surface area contributed by atoms with E-state index in [4.69, 9.17) is 0 Å². The molecule has 0 atom stereocenters. The maximum absolute atomic E-state index is 4.16. The van der Waals surface area contributed by atoms with Crippen LogP contribution in [0.2, 0.25) is 0 Å². The third kappa shape index (κ3) is 2.03. The van der Waals surface area contributed by atoms with Crippen LogP contribution in [0.5, 0.6) is 0 Å². The molecule has 0 aliphatic carbocycles. The number of hydrogen-bond acceptors (Lipinski definition) is 5. The lowest BCUT2D eigenvalue weighted by Crippen LogP contribution is -2.00. The van der Waals surface area contributed by atoms with E-state index in [1.165, 1.54) is 11.5 Å². The largest absolute Gasteiger partial charge is 0.353 e.